The summed E-state index contributed by atoms with van der Waals surface area (Å²) in [6.45, 7) is 9.04. The zero-order valence-electron chi connectivity index (χ0n) is 10.3. The average molecular weight is 200 g/mol. The van der Waals surface area contributed by atoms with Gasteiger partial charge in [0.25, 0.3) is 0 Å². The van der Waals surface area contributed by atoms with Gasteiger partial charge in [0, 0.05) is 6.04 Å². The molecule has 86 valence electrons. The molecule has 0 aromatic carbocycles. The molecule has 0 saturated carbocycles. The standard InChI is InChI=1S/C12H28N2/c1-5-7-11(8-6-2)12(14-13)9-10(3)4/h10-12,14H,5-9,13H2,1-4H3. The maximum absolute atomic E-state index is 5.63. The zero-order chi connectivity index (χ0) is 11.0. The van der Waals surface area contributed by atoms with Gasteiger partial charge >= 0.3 is 0 Å². The van der Waals surface area contributed by atoms with Crippen LogP contribution in [0.2, 0.25) is 0 Å². The lowest BCUT2D eigenvalue weighted by Gasteiger charge is -2.27. The van der Waals surface area contributed by atoms with E-state index in [-0.39, 0.29) is 0 Å². The Morgan fingerprint density at radius 3 is 1.86 bits per heavy atom. The molecule has 0 heterocycles. The summed E-state index contributed by atoms with van der Waals surface area (Å²) in [5, 5.41) is 0. The maximum Gasteiger partial charge on any atom is 0.0241 e. The molecule has 0 radical (unpaired) electrons. The molecule has 0 fully saturated rings. The van der Waals surface area contributed by atoms with Crippen molar-refractivity contribution in [2.45, 2.75) is 65.8 Å². The van der Waals surface area contributed by atoms with E-state index in [0.29, 0.717) is 6.04 Å². The van der Waals surface area contributed by atoms with Crippen molar-refractivity contribution in [3.63, 3.8) is 0 Å². The Kier molecular flexibility index (Phi) is 8.20. The van der Waals surface area contributed by atoms with E-state index in [1.807, 2.05) is 0 Å². The van der Waals surface area contributed by atoms with Crippen molar-refractivity contribution in [3.8, 4) is 0 Å². The van der Waals surface area contributed by atoms with Gasteiger partial charge in [-0.2, -0.15) is 0 Å². The van der Waals surface area contributed by atoms with Crippen LogP contribution in [-0.4, -0.2) is 6.04 Å². The van der Waals surface area contributed by atoms with Crippen molar-refractivity contribution in [2.75, 3.05) is 0 Å². The highest BCUT2D eigenvalue weighted by Crippen LogP contribution is 2.22. The van der Waals surface area contributed by atoms with Crippen molar-refractivity contribution in [1.29, 1.82) is 0 Å². The van der Waals surface area contributed by atoms with Crippen molar-refractivity contribution in [2.24, 2.45) is 17.7 Å². The summed E-state index contributed by atoms with van der Waals surface area (Å²) in [5.41, 5.74) is 3.00. The van der Waals surface area contributed by atoms with Crippen LogP contribution in [0.1, 0.15) is 59.8 Å². The van der Waals surface area contributed by atoms with Gasteiger partial charge in [-0.25, -0.2) is 0 Å². The van der Waals surface area contributed by atoms with Crippen LogP contribution in [0.5, 0.6) is 0 Å². The predicted octanol–water partition coefficient (Wildman–Crippen LogP) is 3.08. The Hall–Kier alpha value is -0.0800. The molecule has 0 rings (SSSR count). The molecule has 0 aromatic rings. The highest BCUT2D eigenvalue weighted by molar-refractivity contribution is 4.75. The van der Waals surface area contributed by atoms with Crippen LogP contribution in [0.15, 0.2) is 0 Å². The van der Waals surface area contributed by atoms with Gasteiger partial charge in [-0.15, -0.1) is 0 Å². The third-order valence-electron chi connectivity index (χ3n) is 2.83. The van der Waals surface area contributed by atoms with E-state index in [2.05, 4.69) is 33.1 Å². The summed E-state index contributed by atoms with van der Waals surface area (Å²) in [5.74, 6) is 7.12. The van der Waals surface area contributed by atoms with Crippen molar-refractivity contribution < 1.29 is 0 Å². The molecule has 2 heteroatoms. The monoisotopic (exact) mass is 200 g/mol. The summed E-state index contributed by atoms with van der Waals surface area (Å²) in [7, 11) is 0. The summed E-state index contributed by atoms with van der Waals surface area (Å²) >= 11 is 0. The van der Waals surface area contributed by atoms with Gasteiger partial charge in [0.2, 0.25) is 0 Å². The smallest absolute Gasteiger partial charge is 0.0241 e. The summed E-state index contributed by atoms with van der Waals surface area (Å²) in [4.78, 5) is 0. The van der Waals surface area contributed by atoms with Crippen LogP contribution < -0.4 is 11.3 Å². The molecule has 0 spiro atoms. The molecule has 0 saturated heterocycles. The largest absolute Gasteiger partial charge is 0.271 e. The van der Waals surface area contributed by atoms with E-state index in [0.717, 1.165) is 11.8 Å². The van der Waals surface area contributed by atoms with Gasteiger partial charge in [-0.1, -0.05) is 40.5 Å². The zero-order valence-corrected chi connectivity index (χ0v) is 10.3. The van der Waals surface area contributed by atoms with Crippen molar-refractivity contribution in [3.05, 3.63) is 0 Å². The fraction of sp³-hybridized carbons (Fsp3) is 1.00. The SMILES string of the molecule is CCCC(CCC)C(CC(C)C)NN. The van der Waals surface area contributed by atoms with E-state index in [1.165, 1.54) is 32.1 Å². The first kappa shape index (κ1) is 13.9. The minimum Gasteiger partial charge on any atom is -0.271 e. The van der Waals surface area contributed by atoms with Crippen LogP contribution in [0.25, 0.3) is 0 Å². The molecule has 0 aliphatic rings. The molecule has 0 aliphatic heterocycles. The maximum atomic E-state index is 5.63. The first-order valence-corrected chi connectivity index (χ1v) is 6.11. The minimum absolute atomic E-state index is 0.509. The van der Waals surface area contributed by atoms with Crippen molar-refractivity contribution in [1.82, 2.24) is 5.43 Å². The molecule has 14 heavy (non-hydrogen) atoms. The Morgan fingerprint density at radius 2 is 1.57 bits per heavy atom. The second-order valence-electron chi connectivity index (χ2n) is 4.74. The lowest BCUT2D eigenvalue weighted by Crippen LogP contribution is -2.41. The van der Waals surface area contributed by atoms with Crippen LogP contribution in [0, 0.1) is 11.8 Å². The minimum atomic E-state index is 0.509. The molecule has 1 unspecified atom stereocenters. The Morgan fingerprint density at radius 1 is 1.07 bits per heavy atom. The van der Waals surface area contributed by atoms with Crippen LogP contribution in [-0.2, 0) is 0 Å². The summed E-state index contributed by atoms with van der Waals surface area (Å²) < 4.78 is 0. The lowest BCUT2D eigenvalue weighted by atomic mass is 9.86. The molecule has 2 nitrogen and oxygen atoms in total. The second kappa shape index (κ2) is 8.25. The van der Waals surface area contributed by atoms with Gasteiger partial charge in [0.1, 0.15) is 0 Å². The molecule has 0 aromatic heterocycles. The topological polar surface area (TPSA) is 38.0 Å². The Bertz CT molecular complexity index is 117. The van der Waals surface area contributed by atoms with Crippen LogP contribution in [0.4, 0.5) is 0 Å². The number of hydrazine groups is 1. The highest BCUT2D eigenvalue weighted by Gasteiger charge is 2.19. The molecule has 0 bridgehead atoms. The average Bonchev–Trinajstić information content (AvgIpc) is 2.13. The first-order valence-electron chi connectivity index (χ1n) is 6.11. The molecule has 1 atom stereocenters. The molecular weight excluding hydrogens is 172 g/mol. The first-order chi connectivity index (χ1) is 6.65. The normalized spacial score (nSPS) is 13.9. The van der Waals surface area contributed by atoms with E-state index < -0.39 is 0 Å². The van der Waals surface area contributed by atoms with E-state index in [9.17, 15) is 0 Å². The third-order valence-corrected chi connectivity index (χ3v) is 2.83. The molecule has 0 amide bonds. The van der Waals surface area contributed by atoms with Gasteiger partial charge in [0.15, 0.2) is 0 Å². The predicted molar refractivity (Wildman–Crippen MR) is 63.9 cm³/mol. The van der Waals surface area contributed by atoms with Crippen LogP contribution in [0.3, 0.4) is 0 Å². The fourth-order valence-corrected chi connectivity index (χ4v) is 2.19. The number of nitrogens with one attached hydrogen (secondary N) is 1. The summed E-state index contributed by atoms with van der Waals surface area (Å²) in [6, 6.07) is 0.509. The van der Waals surface area contributed by atoms with E-state index in [1.54, 1.807) is 0 Å². The number of hydrogen-bond acceptors (Lipinski definition) is 2. The Labute approximate surface area is 89.6 Å². The highest BCUT2D eigenvalue weighted by atomic mass is 15.2. The van der Waals surface area contributed by atoms with E-state index in [4.69, 9.17) is 5.84 Å². The Balaban J connectivity index is 4.10. The molecular formula is C12H28N2. The molecule has 3 N–H and O–H groups in total. The number of nitrogens with two attached hydrogens (primary N) is 1. The second-order valence-corrected chi connectivity index (χ2v) is 4.74. The van der Waals surface area contributed by atoms with Gasteiger partial charge in [-0.05, 0) is 31.1 Å². The molecule has 0 aliphatic carbocycles. The third kappa shape index (κ3) is 5.61. The van der Waals surface area contributed by atoms with Gasteiger partial charge in [0.05, 0.1) is 0 Å². The number of hydrogen-bond donors (Lipinski definition) is 2. The quantitative estimate of drug-likeness (QED) is 0.467. The lowest BCUT2D eigenvalue weighted by molar-refractivity contribution is 0.276. The van der Waals surface area contributed by atoms with Gasteiger partial charge in [-0.3, -0.25) is 11.3 Å². The van der Waals surface area contributed by atoms with Crippen LogP contribution >= 0.6 is 0 Å². The number of rotatable bonds is 8. The fourth-order valence-electron chi connectivity index (χ4n) is 2.19. The summed E-state index contributed by atoms with van der Waals surface area (Å²) in [6.07, 6.45) is 6.33. The van der Waals surface area contributed by atoms with Gasteiger partial charge < -0.3 is 0 Å². The van der Waals surface area contributed by atoms with Crippen molar-refractivity contribution >= 4 is 0 Å². The van der Waals surface area contributed by atoms with E-state index >= 15 is 0 Å².